The highest BCUT2D eigenvalue weighted by Crippen LogP contribution is 2.15. The van der Waals surface area contributed by atoms with Crippen molar-refractivity contribution in [2.45, 2.75) is 25.9 Å². The highest BCUT2D eigenvalue weighted by Gasteiger charge is 2.13. The molecule has 1 atom stereocenters. The Morgan fingerprint density at radius 3 is 2.29 bits per heavy atom. The second-order valence-corrected chi connectivity index (χ2v) is 7.96. The van der Waals surface area contributed by atoms with Crippen molar-refractivity contribution in [3.63, 3.8) is 0 Å². The lowest BCUT2D eigenvalue weighted by Gasteiger charge is -2.19. The van der Waals surface area contributed by atoms with E-state index in [1.165, 1.54) is 0 Å². The molecule has 0 aliphatic rings. The number of ether oxygens (including phenoxy) is 4. The number of nitrogens with zero attached hydrogens (tertiary/aromatic N) is 2. The van der Waals surface area contributed by atoms with Crippen LogP contribution in [-0.2, 0) is 29.2 Å². The number of imidazole rings is 1. The Morgan fingerprint density at radius 1 is 0.886 bits per heavy atom. The third-order valence-corrected chi connectivity index (χ3v) is 5.33. The van der Waals surface area contributed by atoms with Gasteiger partial charge in [-0.25, -0.2) is 9.78 Å². The van der Waals surface area contributed by atoms with Crippen molar-refractivity contribution >= 4 is 5.97 Å². The molecule has 0 aliphatic heterocycles. The van der Waals surface area contributed by atoms with E-state index in [2.05, 4.69) is 4.98 Å². The summed E-state index contributed by atoms with van der Waals surface area (Å²) in [5.41, 5.74) is 2.49. The van der Waals surface area contributed by atoms with E-state index < -0.39 is 5.97 Å². The van der Waals surface area contributed by atoms with Crippen LogP contribution in [-0.4, -0.2) is 35.3 Å². The van der Waals surface area contributed by atoms with Crippen molar-refractivity contribution in [3.8, 4) is 11.5 Å². The summed E-state index contributed by atoms with van der Waals surface area (Å²) in [6, 6.07) is 24.0. The Hall–Kier alpha value is -3.94. The van der Waals surface area contributed by atoms with Crippen LogP contribution in [0.25, 0.3) is 0 Å². The lowest BCUT2D eigenvalue weighted by Crippen LogP contribution is -2.25. The maximum atomic E-state index is 12.4. The Bertz CT molecular complexity index is 1160. The molecule has 180 valence electrons. The summed E-state index contributed by atoms with van der Waals surface area (Å²) < 4.78 is 24.6. The van der Waals surface area contributed by atoms with Gasteiger partial charge in [-0.3, -0.25) is 0 Å². The average molecular weight is 473 g/mol. The van der Waals surface area contributed by atoms with Crippen LogP contribution in [0, 0.1) is 0 Å². The van der Waals surface area contributed by atoms with E-state index in [1.807, 2.05) is 65.4 Å². The number of aromatic nitrogens is 2. The summed E-state index contributed by atoms with van der Waals surface area (Å²) in [6.45, 7) is 1.90. The van der Waals surface area contributed by atoms with E-state index in [1.54, 1.807) is 43.9 Å². The minimum absolute atomic E-state index is 0.176. The molecular weight excluding hydrogens is 444 g/mol. The molecule has 7 nitrogen and oxygen atoms in total. The Labute approximate surface area is 204 Å². The second kappa shape index (κ2) is 12.5. The highest BCUT2D eigenvalue weighted by molar-refractivity contribution is 5.91. The standard InChI is InChI=1S/C28H28N2O5/c1-32-25-13-9-22(10-14-25)18-33-20-27(17-30-16-15-29-21-30)34-19-23-7-11-24(12-8-23)28(31)35-26-5-3-2-4-6-26/h2-16,21,27H,17-20H2,1H3. The maximum absolute atomic E-state index is 12.4. The van der Waals surface area contributed by atoms with Crippen molar-refractivity contribution in [2.24, 2.45) is 0 Å². The van der Waals surface area contributed by atoms with Crippen molar-refractivity contribution < 1.29 is 23.7 Å². The van der Waals surface area contributed by atoms with Gasteiger partial charge < -0.3 is 23.5 Å². The molecule has 0 radical (unpaired) electrons. The molecule has 4 rings (SSSR count). The van der Waals surface area contributed by atoms with Crippen LogP contribution in [0.2, 0.25) is 0 Å². The lowest BCUT2D eigenvalue weighted by molar-refractivity contribution is -0.0372. The van der Waals surface area contributed by atoms with Gasteiger partial charge in [0.1, 0.15) is 11.5 Å². The molecule has 7 heteroatoms. The van der Waals surface area contributed by atoms with Gasteiger partial charge in [0.25, 0.3) is 0 Å². The van der Waals surface area contributed by atoms with E-state index >= 15 is 0 Å². The molecule has 0 N–H and O–H groups in total. The number of carbonyl (C=O) groups is 1. The van der Waals surface area contributed by atoms with Gasteiger partial charge in [0, 0.05) is 12.4 Å². The monoisotopic (exact) mass is 472 g/mol. The topological polar surface area (TPSA) is 71.8 Å². The Kier molecular flexibility index (Phi) is 8.64. The first kappa shape index (κ1) is 24.2. The van der Waals surface area contributed by atoms with Crippen LogP contribution in [0.3, 0.4) is 0 Å². The summed E-state index contributed by atoms with van der Waals surface area (Å²) >= 11 is 0. The number of rotatable bonds is 12. The zero-order chi connectivity index (χ0) is 24.3. The first-order chi connectivity index (χ1) is 17.2. The van der Waals surface area contributed by atoms with E-state index in [4.69, 9.17) is 18.9 Å². The number of benzene rings is 3. The van der Waals surface area contributed by atoms with Crippen molar-refractivity contribution in [2.75, 3.05) is 13.7 Å². The number of para-hydroxylation sites is 1. The third-order valence-electron chi connectivity index (χ3n) is 5.33. The molecule has 1 aromatic heterocycles. The fourth-order valence-corrected chi connectivity index (χ4v) is 3.42. The molecular formula is C28H28N2O5. The summed E-state index contributed by atoms with van der Waals surface area (Å²) in [5, 5.41) is 0. The smallest absolute Gasteiger partial charge is 0.343 e. The SMILES string of the molecule is COc1ccc(COCC(Cn2ccnc2)OCc2ccc(C(=O)Oc3ccccc3)cc2)cc1. The molecule has 4 aromatic rings. The molecule has 0 bridgehead atoms. The summed E-state index contributed by atoms with van der Waals surface area (Å²) in [4.78, 5) is 16.5. The van der Waals surface area contributed by atoms with Crippen LogP contribution in [0.5, 0.6) is 11.5 Å². The number of esters is 1. The van der Waals surface area contributed by atoms with Gasteiger partial charge in [0.05, 0.1) is 51.5 Å². The zero-order valence-electron chi connectivity index (χ0n) is 19.6. The van der Waals surface area contributed by atoms with Gasteiger partial charge >= 0.3 is 5.97 Å². The largest absolute Gasteiger partial charge is 0.497 e. The first-order valence-electron chi connectivity index (χ1n) is 11.3. The van der Waals surface area contributed by atoms with Gasteiger partial charge in [-0.05, 0) is 47.5 Å². The zero-order valence-corrected chi connectivity index (χ0v) is 19.6. The second-order valence-electron chi connectivity index (χ2n) is 7.96. The summed E-state index contributed by atoms with van der Waals surface area (Å²) in [7, 11) is 1.65. The maximum Gasteiger partial charge on any atom is 0.343 e. The highest BCUT2D eigenvalue weighted by atomic mass is 16.5. The Balaban J connectivity index is 1.30. The van der Waals surface area contributed by atoms with Crippen molar-refractivity contribution in [3.05, 3.63) is 114 Å². The van der Waals surface area contributed by atoms with Gasteiger partial charge in [-0.2, -0.15) is 0 Å². The molecule has 0 spiro atoms. The van der Waals surface area contributed by atoms with Crippen LogP contribution in [0.1, 0.15) is 21.5 Å². The van der Waals surface area contributed by atoms with E-state index in [0.29, 0.717) is 37.7 Å². The van der Waals surface area contributed by atoms with Gasteiger partial charge in [0.2, 0.25) is 0 Å². The van der Waals surface area contributed by atoms with Gasteiger partial charge in [-0.15, -0.1) is 0 Å². The lowest BCUT2D eigenvalue weighted by atomic mass is 10.1. The predicted octanol–water partition coefficient (Wildman–Crippen LogP) is 4.91. The van der Waals surface area contributed by atoms with E-state index in [-0.39, 0.29) is 6.10 Å². The number of methoxy groups -OCH3 is 1. The Morgan fingerprint density at radius 2 is 1.60 bits per heavy atom. The predicted molar refractivity (Wildman–Crippen MR) is 131 cm³/mol. The molecule has 35 heavy (non-hydrogen) atoms. The third kappa shape index (κ3) is 7.53. The van der Waals surface area contributed by atoms with Crippen LogP contribution in [0.15, 0.2) is 97.6 Å². The number of hydrogen-bond donors (Lipinski definition) is 0. The molecule has 0 amide bonds. The minimum atomic E-state index is -0.395. The number of carbonyl (C=O) groups excluding carboxylic acids is 1. The molecule has 0 saturated heterocycles. The van der Waals surface area contributed by atoms with Crippen LogP contribution >= 0.6 is 0 Å². The normalized spacial score (nSPS) is 11.7. The fourth-order valence-electron chi connectivity index (χ4n) is 3.42. The van der Waals surface area contributed by atoms with Crippen LogP contribution < -0.4 is 9.47 Å². The van der Waals surface area contributed by atoms with Gasteiger partial charge in [0.15, 0.2) is 0 Å². The minimum Gasteiger partial charge on any atom is -0.497 e. The first-order valence-corrected chi connectivity index (χ1v) is 11.3. The summed E-state index contributed by atoms with van der Waals surface area (Å²) in [5.74, 6) is 0.935. The summed E-state index contributed by atoms with van der Waals surface area (Å²) in [6.07, 6.45) is 5.22. The van der Waals surface area contributed by atoms with Crippen LogP contribution in [0.4, 0.5) is 0 Å². The van der Waals surface area contributed by atoms with E-state index in [0.717, 1.165) is 16.9 Å². The van der Waals surface area contributed by atoms with Crippen molar-refractivity contribution in [1.82, 2.24) is 9.55 Å². The average Bonchev–Trinajstić information content (AvgIpc) is 3.41. The quantitative estimate of drug-likeness (QED) is 0.215. The van der Waals surface area contributed by atoms with E-state index in [9.17, 15) is 4.79 Å². The fraction of sp³-hybridized carbons (Fsp3) is 0.214. The van der Waals surface area contributed by atoms with Gasteiger partial charge in [-0.1, -0.05) is 42.5 Å². The molecule has 1 unspecified atom stereocenters. The number of hydrogen-bond acceptors (Lipinski definition) is 6. The molecule has 1 heterocycles. The molecule has 0 aliphatic carbocycles. The molecule has 3 aromatic carbocycles. The molecule has 0 saturated carbocycles. The van der Waals surface area contributed by atoms with Crippen molar-refractivity contribution in [1.29, 1.82) is 0 Å². The molecule has 0 fully saturated rings.